The third kappa shape index (κ3) is 4.53. The number of carbonyl (C=O) groups is 1. The number of likely N-dealkylation sites (tertiary alicyclic amines) is 1. The first-order valence-corrected chi connectivity index (χ1v) is 9.74. The molecule has 1 aliphatic rings. The summed E-state index contributed by atoms with van der Waals surface area (Å²) in [7, 11) is 0. The first-order chi connectivity index (χ1) is 14.4. The number of hydrogen-bond donors (Lipinski definition) is 0. The van der Waals surface area contributed by atoms with Gasteiger partial charge in [0.1, 0.15) is 0 Å². The number of alkyl halides is 3. The fourth-order valence-electron chi connectivity index (χ4n) is 3.60. The number of nitrogens with zero attached hydrogens (tertiary/aromatic N) is 3. The van der Waals surface area contributed by atoms with Gasteiger partial charge in [-0.2, -0.15) is 13.2 Å². The Kier molecular flexibility index (Phi) is 5.57. The second kappa shape index (κ2) is 8.30. The summed E-state index contributed by atoms with van der Waals surface area (Å²) in [5.74, 6) is 1.12. The molecule has 1 aromatic heterocycles. The van der Waals surface area contributed by atoms with Gasteiger partial charge in [-0.05, 0) is 55.2 Å². The molecule has 0 N–H and O–H groups in total. The summed E-state index contributed by atoms with van der Waals surface area (Å²) in [4.78, 5) is 14.3. The van der Waals surface area contributed by atoms with Crippen LogP contribution >= 0.6 is 0 Å². The largest absolute Gasteiger partial charge is 0.421 e. The van der Waals surface area contributed by atoms with Crippen LogP contribution in [0.15, 0.2) is 59.0 Å². The second-order valence-corrected chi connectivity index (χ2v) is 7.38. The van der Waals surface area contributed by atoms with Crippen molar-refractivity contribution in [1.82, 2.24) is 15.1 Å². The molecule has 156 valence electrons. The van der Waals surface area contributed by atoms with Gasteiger partial charge in [0.05, 0.1) is 5.56 Å². The van der Waals surface area contributed by atoms with Gasteiger partial charge in [0.25, 0.3) is 5.91 Å². The zero-order chi connectivity index (χ0) is 21.1. The van der Waals surface area contributed by atoms with Crippen molar-refractivity contribution in [1.29, 1.82) is 0 Å². The summed E-state index contributed by atoms with van der Waals surface area (Å²) in [5, 5.41) is 8.23. The van der Waals surface area contributed by atoms with Crippen molar-refractivity contribution in [2.24, 2.45) is 5.92 Å². The molecule has 0 bridgehead atoms. The monoisotopic (exact) mass is 415 g/mol. The smallest absolute Gasteiger partial charge is 0.416 e. The van der Waals surface area contributed by atoms with Gasteiger partial charge in [0, 0.05) is 30.6 Å². The van der Waals surface area contributed by atoms with E-state index >= 15 is 0 Å². The molecular weight excluding hydrogens is 395 g/mol. The van der Waals surface area contributed by atoms with E-state index in [1.807, 2.05) is 30.3 Å². The standard InChI is InChI=1S/C22H20F3N3O2/c23-22(24,25)18-8-6-17(7-9-18)21(29)28-12-10-15(11-13-28)14-19-26-27-20(30-19)16-4-2-1-3-5-16/h1-9,15H,10-14H2. The third-order valence-electron chi connectivity index (χ3n) is 5.31. The first-order valence-electron chi connectivity index (χ1n) is 9.74. The minimum atomic E-state index is -4.41. The molecule has 1 saturated heterocycles. The fourth-order valence-corrected chi connectivity index (χ4v) is 3.60. The van der Waals surface area contributed by atoms with Crippen LogP contribution in [-0.2, 0) is 12.6 Å². The van der Waals surface area contributed by atoms with Crippen LogP contribution < -0.4 is 0 Å². The number of piperidine rings is 1. The topological polar surface area (TPSA) is 59.2 Å². The zero-order valence-electron chi connectivity index (χ0n) is 16.1. The molecule has 8 heteroatoms. The Morgan fingerprint density at radius 3 is 2.30 bits per heavy atom. The molecule has 1 fully saturated rings. The molecule has 0 spiro atoms. The van der Waals surface area contributed by atoms with Crippen LogP contribution in [0.4, 0.5) is 13.2 Å². The number of aromatic nitrogens is 2. The Morgan fingerprint density at radius 1 is 1.00 bits per heavy atom. The van der Waals surface area contributed by atoms with Gasteiger partial charge in [-0.3, -0.25) is 4.79 Å². The average Bonchev–Trinajstić information content (AvgIpc) is 3.22. The Labute approximate surface area is 171 Å². The fraction of sp³-hybridized carbons (Fsp3) is 0.318. The van der Waals surface area contributed by atoms with E-state index in [0.717, 1.165) is 30.5 Å². The molecule has 4 rings (SSSR count). The molecule has 0 saturated carbocycles. The molecule has 5 nitrogen and oxygen atoms in total. The van der Waals surface area contributed by atoms with E-state index < -0.39 is 11.7 Å². The van der Waals surface area contributed by atoms with E-state index in [2.05, 4.69) is 10.2 Å². The highest BCUT2D eigenvalue weighted by molar-refractivity contribution is 5.94. The molecule has 0 aliphatic carbocycles. The number of halogens is 3. The normalized spacial score (nSPS) is 15.4. The molecule has 0 atom stereocenters. The average molecular weight is 415 g/mol. The lowest BCUT2D eigenvalue weighted by atomic mass is 9.93. The van der Waals surface area contributed by atoms with Crippen molar-refractivity contribution in [2.75, 3.05) is 13.1 Å². The molecule has 1 aliphatic heterocycles. The van der Waals surface area contributed by atoms with Crippen LogP contribution in [0.3, 0.4) is 0 Å². The lowest BCUT2D eigenvalue weighted by Crippen LogP contribution is -2.39. The Bertz CT molecular complexity index is 992. The van der Waals surface area contributed by atoms with E-state index in [-0.39, 0.29) is 11.5 Å². The van der Waals surface area contributed by atoms with Crippen LogP contribution in [0, 0.1) is 5.92 Å². The van der Waals surface area contributed by atoms with E-state index in [0.29, 0.717) is 37.2 Å². The summed E-state index contributed by atoms with van der Waals surface area (Å²) < 4.78 is 43.8. The highest BCUT2D eigenvalue weighted by Gasteiger charge is 2.31. The van der Waals surface area contributed by atoms with Crippen molar-refractivity contribution >= 4 is 5.91 Å². The van der Waals surface area contributed by atoms with E-state index in [1.54, 1.807) is 4.90 Å². The predicted molar refractivity (Wildman–Crippen MR) is 104 cm³/mol. The number of carbonyl (C=O) groups excluding carboxylic acids is 1. The highest BCUT2D eigenvalue weighted by atomic mass is 19.4. The third-order valence-corrected chi connectivity index (χ3v) is 5.31. The van der Waals surface area contributed by atoms with Crippen molar-refractivity contribution in [3.05, 3.63) is 71.6 Å². The summed E-state index contributed by atoms with van der Waals surface area (Å²) in [6, 6.07) is 13.9. The summed E-state index contributed by atoms with van der Waals surface area (Å²) in [6.45, 7) is 1.09. The van der Waals surface area contributed by atoms with Gasteiger partial charge >= 0.3 is 6.18 Å². The summed E-state index contributed by atoms with van der Waals surface area (Å²) >= 11 is 0. The molecule has 1 amide bonds. The van der Waals surface area contributed by atoms with Crippen molar-refractivity contribution < 1.29 is 22.4 Å². The van der Waals surface area contributed by atoms with Gasteiger partial charge in [-0.25, -0.2) is 0 Å². The quantitative estimate of drug-likeness (QED) is 0.611. The molecule has 0 unspecified atom stereocenters. The van der Waals surface area contributed by atoms with Crippen molar-refractivity contribution in [3.63, 3.8) is 0 Å². The van der Waals surface area contributed by atoms with Gasteiger partial charge in [-0.1, -0.05) is 18.2 Å². The molecular formula is C22H20F3N3O2. The lowest BCUT2D eigenvalue weighted by Gasteiger charge is -2.31. The predicted octanol–water partition coefficient (Wildman–Crippen LogP) is 4.85. The van der Waals surface area contributed by atoms with Crippen molar-refractivity contribution in [3.8, 4) is 11.5 Å². The summed E-state index contributed by atoms with van der Waals surface area (Å²) in [5.41, 5.74) is 0.381. The lowest BCUT2D eigenvalue weighted by molar-refractivity contribution is -0.137. The van der Waals surface area contributed by atoms with Gasteiger partial charge in [-0.15, -0.1) is 10.2 Å². The number of hydrogen-bond acceptors (Lipinski definition) is 4. The molecule has 2 aromatic carbocycles. The SMILES string of the molecule is O=C(c1ccc(C(F)(F)F)cc1)N1CCC(Cc2nnc(-c3ccccc3)o2)CC1. The maximum Gasteiger partial charge on any atom is 0.416 e. The zero-order valence-corrected chi connectivity index (χ0v) is 16.1. The summed E-state index contributed by atoms with van der Waals surface area (Å²) in [6.07, 6.45) is -2.22. The minimum Gasteiger partial charge on any atom is -0.421 e. The first kappa shape index (κ1) is 20.1. The molecule has 0 radical (unpaired) electrons. The molecule has 3 aromatic rings. The Balaban J connectivity index is 1.32. The number of benzene rings is 2. The number of amides is 1. The van der Waals surface area contributed by atoms with Crippen LogP contribution in [-0.4, -0.2) is 34.1 Å². The highest BCUT2D eigenvalue weighted by Crippen LogP contribution is 2.30. The van der Waals surface area contributed by atoms with Crippen molar-refractivity contribution in [2.45, 2.75) is 25.4 Å². The van der Waals surface area contributed by atoms with Crippen LogP contribution in [0.2, 0.25) is 0 Å². The van der Waals surface area contributed by atoms with E-state index in [4.69, 9.17) is 4.42 Å². The number of rotatable bonds is 4. The van der Waals surface area contributed by atoms with Gasteiger partial charge in [0.2, 0.25) is 11.8 Å². The maximum atomic E-state index is 12.7. The van der Waals surface area contributed by atoms with Gasteiger partial charge < -0.3 is 9.32 Å². The molecule has 2 heterocycles. The molecule has 30 heavy (non-hydrogen) atoms. The van der Waals surface area contributed by atoms with E-state index in [9.17, 15) is 18.0 Å². The van der Waals surface area contributed by atoms with Crippen LogP contribution in [0.25, 0.3) is 11.5 Å². The Hall–Kier alpha value is -3.16. The van der Waals surface area contributed by atoms with Crippen LogP contribution in [0.1, 0.15) is 34.7 Å². The maximum absolute atomic E-state index is 12.7. The van der Waals surface area contributed by atoms with Gasteiger partial charge in [0.15, 0.2) is 0 Å². The second-order valence-electron chi connectivity index (χ2n) is 7.38. The minimum absolute atomic E-state index is 0.244. The Morgan fingerprint density at radius 2 is 1.67 bits per heavy atom. The van der Waals surface area contributed by atoms with Crippen LogP contribution in [0.5, 0.6) is 0 Å². The van der Waals surface area contributed by atoms with E-state index in [1.165, 1.54) is 12.1 Å².